The lowest BCUT2D eigenvalue weighted by atomic mass is 10.0. The van der Waals surface area contributed by atoms with Gasteiger partial charge in [0.1, 0.15) is 12.6 Å². The lowest BCUT2D eigenvalue weighted by Gasteiger charge is -2.34. The SMILES string of the molecule is CCCNC(=O)[C@@H](Cc1ccccc1)N(Cc1cccc(Br)c1)C(=O)CN(c1ccc(C(C)C)cc1)S(=O)(=O)c1ccccc1. The van der Waals surface area contributed by atoms with Gasteiger partial charge in [-0.05, 0) is 65.4 Å². The molecule has 0 aromatic heterocycles. The highest BCUT2D eigenvalue weighted by Crippen LogP contribution is 2.27. The average Bonchev–Trinajstić information content (AvgIpc) is 3.05. The Morgan fingerprint density at radius 3 is 2.04 bits per heavy atom. The Kier molecular flexibility index (Phi) is 12.0. The maximum atomic E-state index is 14.5. The van der Waals surface area contributed by atoms with Crippen LogP contribution in [-0.4, -0.2) is 44.3 Å². The Balaban J connectivity index is 1.79. The summed E-state index contributed by atoms with van der Waals surface area (Å²) in [6.07, 6.45) is 1.00. The molecule has 0 saturated heterocycles. The molecule has 4 aromatic carbocycles. The van der Waals surface area contributed by atoms with Gasteiger partial charge in [0.15, 0.2) is 0 Å². The molecule has 7 nitrogen and oxygen atoms in total. The average molecular weight is 691 g/mol. The van der Waals surface area contributed by atoms with Crippen molar-refractivity contribution < 1.29 is 18.0 Å². The van der Waals surface area contributed by atoms with Crippen LogP contribution >= 0.6 is 15.9 Å². The van der Waals surface area contributed by atoms with Crippen LogP contribution in [0, 0.1) is 0 Å². The summed E-state index contributed by atoms with van der Waals surface area (Å²) in [5, 5.41) is 2.97. The van der Waals surface area contributed by atoms with Gasteiger partial charge in [-0.15, -0.1) is 0 Å². The number of nitrogens with one attached hydrogen (secondary N) is 1. The number of sulfonamides is 1. The van der Waals surface area contributed by atoms with Crippen molar-refractivity contribution in [2.24, 2.45) is 0 Å². The van der Waals surface area contributed by atoms with Gasteiger partial charge in [0.2, 0.25) is 11.8 Å². The largest absolute Gasteiger partial charge is 0.354 e. The summed E-state index contributed by atoms with van der Waals surface area (Å²) < 4.78 is 30.2. The first-order chi connectivity index (χ1) is 21.6. The van der Waals surface area contributed by atoms with Crippen molar-refractivity contribution in [1.82, 2.24) is 10.2 Å². The van der Waals surface area contributed by atoms with E-state index in [0.29, 0.717) is 12.2 Å². The highest BCUT2D eigenvalue weighted by molar-refractivity contribution is 9.10. The fraction of sp³-hybridized carbons (Fsp3) is 0.278. The summed E-state index contributed by atoms with van der Waals surface area (Å²) in [5.74, 6) is -0.529. The molecule has 236 valence electrons. The Hall–Kier alpha value is -3.95. The van der Waals surface area contributed by atoms with Crippen molar-refractivity contribution in [3.05, 3.63) is 130 Å². The molecule has 1 N–H and O–H groups in total. The van der Waals surface area contributed by atoms with Crippen molar-refractivity contribution in [2.45, 2.75) is 57.0 Å². The maximum absolute atomic E-state index is 14.5. The van der Waals surface area contributed by atoms with Crippen LogP contribution in [-0.2, 0) is 32.6 Å². The summed E-state index contributed by atoms with van der Waals surface area (Å²) in [4.78, 5) is 29.8. The van der Waals surface area contributed by atoms with E-state index in [1.165, 1.54) is 17.0 Å². The molecule has 4 rings (SSSR count). The quantitative estimate of drug-likeness (QED) is 0.156. The molecular formula is C36H40BrN3O4S. The highest BCUT2D eigenvalue weighted by Gasteiger charge is 2.34. The van der Waals surface area contributed by atoms with E-state index in [1.807, 2.05) is 73.7 Å². The van der Waals surface area contributed by atoms with Crippen molar-refractivity contribution in [2.75, 3.05) is 17.4 Å². The van der Waals surface area contributed by atoms with Crippen LogP contribution < -0.4 is 9.62 Å². The Bertz CT molecular complexity index is 1660. The predicted molar refractivity (Wildman–Crippen MR) is 183 cm³/mol. The molecule has 0 fully saturated rings. The van der Waals surface area contributed by atoms with E-state index in [1.54, 1.807) is 30.3 Å². The molecule has 4 aromatic rings. The lowest BCUT2D eigenvalue weighted by molar-refractivity contribution is -0.140. The van der Waals surface area contributed by atoms with E-state index in [-0.39, 0.29) is 29.7 Å². The summed E-state index contributed by atoms with van der Waals surface area (Å²) in [5.41, 5.74) is 3.11. The second-order valence-corrected chi connectivity index (χ2v) is 14.0. The fourth-order valence-corrected chi connectivity index (χ4v) is 6.91. The van der Waals surface area contributed by atoms with E-state index in [2.05, 4.69) is 35.1 Å². The number of carbonyl (C=O) groups is 2. The van der Waals surface area contributed by atoms with Crippen molar-refractivity contribution in [3.8, 4) is 0 Å². The van der Waals surface area contributed by atoms with Crippen LogP contribution in [0.5, 0.6) is 0 Å². The van der Waals surface area contributed by atoms with Gasteiger partial charge < -0.3 is 10.2 Å². The molecular weight excluding hydrogens is 650 g/mol. The number of benzene rings is 4. The zero-order valence-corrected chi connectivity index (χ0v) is 28.3. The first-order valence-corrected chi connectivity index (χ1v) is 17.4. The number of hydrogen-bond acceptors (Lipinski definition) is 4. The monoisotopic (exact) mass is 689 g/mol. The molecule has 0 radical (unpaired) electrons. The topological polar surface area (TPSA) is 86.8 Å². The molecule has 45 heavy (non-hydrogen) atoms. The van der Waals surface area contributed by atoms with Crippen LogP contribution in [0.4, 0.5) is 5.69 Å². The van der Waals surface area contributed by atoms with E-state index in [0.717, 1.165) is 31.9 Å². The first kappa shape index (κ1) is 33.9. The summed E-state index contributed by atoms with van der Waals surface area (Å²) in [7, 11) is -4.14. The number of carbonyl (C=O) groups excluding carboxylic acids is 2. The molecule has 0 unspecified atom stereocenters. The third-order valence-electron chi connectivity index (χ3n) is 7.52. The molecule has 0 spiro atoms. The number of amides is 2. The third-order valence-corrected chi connectivity index (χ3v) is 9.80. The van der Waals surface area contributed by atoms with Gasteiger partial charge in [0.25, 0.3) is 10.0 Å². The van der Waals surface area contributed by atoms with Gasteiger partial charge >= 0.3 is 0 Å². The molecule has 1 atom stereocenters. The molecule has 9 heteroatoms. The highest BCUT2D eigenvalue weighted by atomic mass is 79.9. The number of halogens is 1. The minimum Gasteiger partial charge on any atom is -0.354 e. The molecule has 0 aliphatic carbocycles. The van der Waals surface area contributed by atoms with Crippen molar-refractivity contribution >= 4 is 43.5 Å². The van der Waals surface area contributed by atoms with Gasteiger partial charge in [-0.3, -0.25) is 13.9 Å². The first-order valence-electron chi connectivity index (χ1n) is 15.1. The Morgan fingerprint density at radius 1 is 0.822 bits per heavy atom. The standard InChI is InChI=1S/C36H40BrN3O4S/c1-4-22-38-36(42)34(24-28-12-7-5-8-13-28)39(25-29-14-11-15-31(37)23-29)35(41)26-40(32-20-18-30(19-21-32)27(2)3)45(43,44)33-16-9-6-10-17-33/h5-21,23,27,34H,4,22,24-26H2,1-3H3,(H,38,42)/t34-/m1/s1. The van der Waals surface area contributed by atoms with E-state index in [9.17, 15) is 18.0 Å². The Morgan fingerprint density at radius 2 is 1.44 bits per heavy atom. The van der Waals surface area contributed by atoms with E-state index >= 15 is 0 Å². The van der Waals surface area contributed by atoms with Crippen molar-refractivity contribution in [1.29, 1.82) is 0 Å². The number of rotatable bonds is 14. The van der Waals surface area contributed by atoms with Gasteiger partial charge in [-0.25, -0.2) is 8.42 Å². The van der Waals surface area contributed by atoms with E-state index in [4.69, 9.17) is 0 Å². The zero-order chi connectivity index (χ0) is 32.4. The van der Waals surface area contributed by atoms with Gasteiger partial charge in [0.05, 0.1) is 10.6 Å². The molecule has 0 aliphatic rings. The van der Waals surface area contributed by atoms with Crippen LogP contribution in [0.15, 0.2) is 119 Å². The van der Waals surface area contributed by atoms with Gasteiger partial charge in [-0.1, -0.05) is 109 Å². The lowest BCUT2D eigenvalue weighted by Crippen LogP contribution is -2.53. The molecule has 0 saturated carbocycles. The molecule has 2 amide bonds. The van der Waals surface area contributed by atoms with Crippen molar-refractivity contribution in [3.63, 3.8) is 0 Å². The van der Waals surface area contributed by atoms with E-state index < -0.39 is 28.5 Å². The minimum atomic E-state index is -4.14. The van der Waals surface area contributed by atoms with Gasteiger partial charge in [-0.2, -0.15) is 0 Å². The number of anilines is 1. The fourth-order valence-electron chi connectivity index (χ4n) is 5.03. The number of hydrogen-bond donors (Lipinski definition) is 1. The van der Waals surface area contributed by atoms with Crippen LogP contribution in [0.3, 0.4) is 0 Å². The third kappa shape index (κ3) is 9.05. The summed E-state index contributed by atoms with van der Waals surface area (Å²) >= 11 is 3.51. The molecule has 0 bridgehead atoms. The van der Waals surface area contributed by atoms with Crippen LogP contribution in [0.1, 0.15) is 49.8 Å². The zero-order valence-electron chi connectivity index (χ0n) is 25.9. The maximum Gasteiger partial charge on any atom is 0.264 e. The smallest absolute Gasteiger partial charge is 0.264 e. The Labute approximate surface area is 275 Å². The minimum absolute atomic E-state index is 0.0748. The van der Waals surface area contributed by atoms with Crippen LogP contribution in [0.25, 0.3) is 0 Å². The summed E-state index contributed by atoms with van der Waals surface area (Å²) in [6.45, 7) is 6.17. The molecule has 0 aliphatic heterocycles. The number of nitrogens with zero attached hydrogens (tertiary/aromatic N) is 2. The summed E-state index contributed by atoms with van der Waals surface area (Å²) in [6, 6.07) is 31.5. The van der Waals surface area contributed by atoms with Crippen LogP contribution in [0.2, 0.25) is 0 Å². The second-order valence-electron chi connectivity index (χ2n) is 11.2. The molecule has 0 heterocycles. The second kappa shape index (κ2) is 15.9. The normalized spacial score (nSPS) is 12.0. The van der Waals surface area contributed by atoms with Gasteiger partial charge in [0, 0.05) is 24.0 Å². The predicted octanol–water partition coefficient (Wildman–Crippen LogP) is 6.93.